The van der Waals surface area contributed by atoms with Crippen LogP contribution in [0.4, 0.5) is 0 Å². The van der Waals surface area contributed by atoms with Crippen LogP contribution in [0.15, 0.2) is 12.1 Å². The first kappa shape index (κ1) is 20.3. The lowest BCUT2D eigenvalue weighted by molar-refractivity contribution is 0.0593. The number of benzene rings is 1. The first-order valence-electron chi connectivity index (χ1n) is 8.19. The molecule has 2 rings (SSSR count). The van der Waals surface area contributed by atoms with Crippen LogP contribution < -0.4 is 14.2 Å². The van der Waals surface area contributed by atoms with Crippen molar-refractivity contribution in [1.29, 1.82) is 5.41 Å². The molecule has 0 spiro atoms. The molecule has 0 unspecified atom stereocenters. The molecule has 146 valence electrons. The van der Waals surface area contributed by atoms with Crippen molar-refractivity contribution in [2.75, 3.05) is 42.2 Å². The van der Waals surface area contributed by atoms with Gasteiger partial charge in [-0.25, -0.2) is 4.79 Å². The minimum atomic E-state index is -0.519. The molecule has 0 saturated carbocycles. The van der Waals surface area contributed by atoms with E-state index in [-0.39, 0.29) is 5.69 Å². The van der Waals surface area contributed by atoms with Crippen molar-refractivity contribution in [2.24, 2.45) is 0 Å². The maximum absolute atomic E-state index is 12.2. The molecule has 0 bridgehead atoms. The third-order valence-corrected chi connectivity index (χ3v) is 4.20. The fourth-order valence-corrected chi connectivity index (χ4v) is 3.00. The first-order valence-corrected chi connectivity index (χ1v) is 8.19. The monoisotopic (exact) mass is 376 g/mol. The Balaban J connectivity index is 2.82. The summed E-state index contributed by atoms with van der Waals surface area (Å²) in [6, 6.07) is 3.54. The average molecular weight is 376 g/mol. The topological polar surface area (TPSA) is 103 Å². The Morgan fingerprint density at radius 2 is 1.78 bits per heavy atom. The first-order chi connectivity index (χ1) is 13.1. The molecule has 0 atom stereocenters. The van der Waals surface area contributed by atoms with E-state index >= 15 is 0 Å². The Morgan fingerprint density at radius 3 is 2.30 bits per heavy atom. The number of hydrogen-bond acceptors (Lipinski definition) is 7. The van der Waals surface area contributed by atoms with Crippen LogP contribution in [0, 0.1) is 5.41 Å². The zero-order chi connectivity index (χ0) is 20.0. The number of methoxy groups -OCH3 is 5. The lowest BCUT2D eigenvalue weighted by atomic mass is 9.96. The zero-order valence-corrected chi connectivity index (χ0v) is 16.1. The van der Waals surface area contributed by atoms with Gasteiger partial charge >= 0.3 is 5.97 Å². The Kier molecular flexibility index (Phi) is 6.84. The molecule has 1 aromatic carbocycles. The summed E-state index contributed by atoms with van der Waals surface area (Å²) in [7, 11) is 7.47. The van der Waals surface area contributed by atoms with Gasteiger partial charge in [-0.1, -0.05) is 0 Å². The summed E-state index contributed by atoms with van der Waals surface area (Å²) in [6.07, 6.45) is 1.59. The summed E-state index contributed by atoms with van der Waals surface area (Å²) in [5.41, 5.74) is 2.71. The second-order valence-corrected chi connectivity index (χ2v) is 5.53. The number of carbonyl (C=O) groups is 1. The second kappa shape index (κ2) is 9.09. The normalized spacial score (nSPS) is 10.4. The molecule has 0 saturated heterocycles. The molecule has 0 radical (unpaired) electrons. The van der Waals surface area contributed by atoms with Crippen molar-refractivity contribution in [3.8, 4) is 28.4 Å². The van der Waals surface area contributed by atoms with Crippen molar-refractivity contribution in [3.05, 3.63) is 29.1 Å². The van der Waals surface area contributed by atoms with Gasteiger partial charge in [0.15, 0.2) is 11.5 Å². The molecule has 27 heavy (non-hydrogen) atoms. The summed E-state index contributed by atoms with van der Waals surface area (Å²) < 4.78 is 26.4. The number of hydrogen-bond donors (Lipinski definition) is 2. The van der Waals surface area contributed by atoms with Crippen LogP contribution in [0.25, 0.3) is 11.1 Å². The van der Waals surface area contributed by atoms with Crippen LogP contribution in [-0.4, -0.2) is 59.3 Å². The van der Waals surface area contributed by atoms with Crippen molar-refractivity contribution >= 4 is 12.2 Å². The Morgan fingerprint density at radius 1 is 1.07 bits per heavy atom. The predicted molar refractivity (Wildman–Crippen MR) is 101 cm³/mol. The van der Waals surface area contributed by atoms with E-state index in [1.54, 1.807) is 19.2 Å². The van der Waals surface area contributed by atoms with Crippen LogP contribution in [0.2, 0.25) is 0 Å². The van der Waals surface area contributed by atoms with Gasteiger partial charge in [0.2, 0.25) is 5.75 Å². The Bertz CT molecular complexity index is 828. The number of esters is 1. The summed E-state index contributed by atoms with van der Waals surface area (Å²) in [4.78, 5) is 15.2. The highest BCUT2D eigenvalue weighted by Gasteiger charge is 2.27. The molecule has 8 heteroatoms. The summed E-state index contributed by atoms with van der Waals surface area (Å²) in [5, 5.41) is 7.79. The van der Waals surface area contributed by atoms with Crippen molar-refractivity contribution in [2.45, 2.75) is 6.42 Å². The number of carbonyl (C=O) groups excluding carboxylic acids is 1. The number of aromatic nitrogens is 1. The van der Waals surface area contributed by atoms with Crippen LogP contribution in [-0.2, 0) is 15.9 Å². The molecule has 1 aromatic heterocycles. The molecule has 0 aliphatic rings. The van der Waals surface area contributed by atoms with Gasteiger partial charge in [-0.2, -0.15) is 0 Å². The van der Waals surface area contributed by atoms with Crippen LogP contribution >= 0.6 is 0 Å². The van der Waals surface area contributed by atoms with Gasteiger partial charge in [0, 0.05) is 24.5 Å². The average Bonchev–Trinajstić information content (AvgIpc) is 3.08. The Labute approximate surface area is 157 Å². The van der Waals surface area contributed by atoms with Gasteiger partial charge in [-0.3, -0.25) is 0 Å². The SMILES string of the molecule is COCCc1c(C(=O)OC)[nH]c(C=N)c1-c1ccc(OC)c(OC)c1OC. The zero-order valence-electron chi connectivity index (χ0n) is 16.1. The fourth-order valence-electron chi connectivity index (χ4n) is 3.00. The third-order valence-electron chi connectivity index (χ3n) is 4.20. The highest BCUT2D eigenvalue weighted by molar-refractivity contribution is 5.99. The van der Waals surface area contributed by atoms with Gasteiger partial charge in [0.25, 0.3) is 0 Å². The number of aromatic amines is 1. The van der Waals surface area contributed by atoms with E-state index in [9.17, 15) is 4.79 Å². The summed E-state index contributed by atoms with van der Waals surface area (Å²) >= 11 is 0. The van der Waals surface area contributed by atoms with Crippen molar-refractivity contribution in [1.82, 2.24) is 4.98 Å². The van der Waals surface area contributed by atoms with Gasteiger partial charge in [-0.05, 0) is 24.1 Å². The van der Waals surface area contributed by atoms with E-state index in [1.165, 1.54) is 28.4 Å². The predicted octanol–water partition coefficient (Wildman–Crippen LogP) is 2.68. The number of H-pyrrole nitrogens is 1. The number of nitrogens with one attached hydrogen (secondary N) is 2. The fraction of sp³-hybridized carbons (Fsp3) is 0.368. The number of ether oxygens (including phenoxy) is 5. The molecule has 1 heterocycles. The highest BCUT2D eigenvalue weighted by Crippen LogP contribution is 2.46. The maximum atomic E-state index is 12.2. The van der Waals surface area contributed by atoms with E-state index in [1.807, 2.05) is 0 Å². The highest BCUT2D eigenvalue weighted by atomic mass is 16.5. The second-order valence-electron chi connectivity index (χ2n) is 5.53. The lowest BCUT2D eigenvalue weighted by Crippen LogP contribution is -2.07. The Hall–Kier alpha value is -3.00. The minimum Gasteiger partial charge on any atom is -0.493 e. The molecular formula is C19H24N2O6. The molecule has 0 aliphatic heterocycles. The van der Waals surface area contributed by atoms with E-state index in [0.717, 1.165) is 6.21 Å². The van der Waals surface area contributed by atoms with Gasteiger partial charge in [0.1, 0.15) is 5.69 Å². The smallest absolute Gasteiger partial charge is 0.354 e. The van der Waals surface area contributed by atoms with Crippen molar-refractivity contribution < 1.29 is 28.5 Å². The standard InChI is InChI=1S/C19H24N2O6/c1-23-9-8-11-15(13(10-20)21-16(11)19(22)27-5)12-6-7-14(24-2)18(26-4)17(12)25-3/h6-7,10,20-21H,8-9H2,1-5H3. The molecule has 8 nitrogen and oxygen atoms in total. The summed E-state index contributed by atoms with van der Waals surface area (Å²) in [6.45, 7) is 0.391. The van der Waals surface area contributed by atoms with Crippen LogP contribution in [0.5, 0.6) is 17.2 Å². The minimum absolute atomic E-state index is 0.278. The largest absolute Gasteiger partial charge is 0.493 e. The van der Waals surface area contributed by atoms with E-state index in [4.69, 9.17) is 29.1 Å². The summed E-state index contributed by atoms with van der Waals surface area (Å²) in [5.74, 6) is 0.854. The van der Waals surface area contributed by atoms with Gasteiger partial charge in [0.05, 0.1) is 40.7 Å². The maximum Gasteiger partial charge on any atom is 0.354 e. The van der Waals surface area contributed by atoms with Crippen molar-refractivity contribution in [3.63, 3.8) is 0 Å². The van der Waals surface area contributed by atoms with E-state index in [2.05, 4.69) is 4.98 Å². The van der Waals surface area contributed by atoms with Gasteiger partial charge < -0.3 is 34.1 Å². The van der Waals surface area contributed by atoms with E-state index < -0.39 is 5.97 Å². The number of rotatable bonds is 9. The molecule has 0 amide bonds. The molecule has 0 fully saturated rings. The quantitative estimate of drug-likeness (QED) is 0.515. The molecule has 2 N–H and O–H groups in total. The van der Waals surface area contributed by atoms with Crippen LogP contribution in [0.3, 0.4) is 0 Å². The van der Waals surface area contributed by atoms with Gasteiger partial charge in [-0.15, -0.1) is 0 Å². The molecule has 0 aliphatic carbocycles. The molecular weight excluding hydrogens is 352 g/mol. The van der Waals surface area contributed by atoms with E-state index in [0.29, 0.717) is 52.7 Å². The third kappa shape index (κ3) is 3.75. The molecule has 2 aromatic rings. The lowest BCUT2D eigenvalue weighted by Gasteiger charge is -2.17. The van der Waals surface area contributed by atoms with Crippen LogP contribution in [0.1, 0.15) is 21.7 Å².